The van der Waals surface area contributed by atoms with Crippen molar-refractivity contribution in [2.45, 2.75) is 38.5 Å². The topological polar surface area (TPSA) is 51.2 Å². The van der Waals surface area contributed by atoms with Gasteiger partial charge in [0.25, 0.3) is 0 Å². The van der Waals surface area contributed by atoms with Crippen molar-refractivity contribution in [2.24, 2.45) is 17.8 Å². The molecule has 0 unspecified atom stereocenters. The van der Waals surface area contributed by atoms with Gasteiger partial charge < -0.3 is 0 Å². The van der Waals surface area contributed by atoms with Gasteiger partial charge in [-0.05, 0) is 56.7 Å². The SMILES string of the molecule is O=C(c1cc(C(=O)C2CC2)cc(C(=O)C2CC2)c1)C1CC1. The molecule has 0 radical (unpaired) electrons. The van der Waals surface area contributed by atoms with Gasteiger partial charge in [-0.25, -0.2) is 0 Å². The summed E-state index contributed by atoms with van der Waals surface area (Å²) < 4.78 is 0. The van der Waals surface area contributed by atoms with Crippen LogP contribution in [0.25, 0.3) is 0 Å². The standard InChI is InChI=1S/C18H18O3/c19-16(10-1-2-10)13-7-14(17(20)11-3-4-11)9-15(8-13)18(21)12-5-6-12/h7-12H,1-6H2. The molecule has 0 N–H and O–H groups in total. The number of carbonyl (C=O) groups excluding carboxylic acids is 3. The smallest absolute Gasteiger partial charge is 0.165 e. The molecular weight excluding hydrogens is 264 g/mol. The Morgan fingerprint density at radius 2 is 0.810 bits per heavy atom. The molecule has 0 bridgehead atoms. The van der Waals surface area contributed by atoms with E-state index in [4.69, 9.17) is 0 Å². The number of Topliss-reactive ketones (excluding diaryl/α,β-unsaturated/α-hetero) is 3. The van der Waals surface area contributed by atoms with E-state index in [0.717, 1.165) is 38.5 Å². The van der Waals surface area contributed by atoms with Gasteiger partial charge in [-0.15, -0.1) is 0 Å². The van der Waals surface area contributed by atoms with Crippen LogP contribution in [-0.2, 0) is 0 Å². The third kappa shape index (κ3) is 2.57. The largest absolute Gasteiger partial charge is 0.294 e. The number of hydrogen-bond acceptors (Lipinski definition) is 3. The second-order valence-electron chi connectivity index (χ2n) is 6.71. The molecule has 0 atom stereocenters. The van der Waals surface area contributed by atoms with Crippen molar-refractivity contribution >= 4 is 17.3 Å². The molecular formula is C18H18O3. The Balaban J connectivity index is 1.72. The van der Waals surface area contributed by atoms with Crippen LogP contribution < -0.4 is 0 Å². The fourth-order valence-corrected chi connectivity index (χ4v) is 2.80. The molecule has 4 rings (SSSR count). The first-order valence-electron chi connectivity index (χ1n) is 7.91. The van der Waals surface area contributed by atoms with E-state index < -0.39 is 0 Å². The summed E-state index contributed by atoms with van der Waals surface area (Å²) in [5.74, 6) is 0.640. The normalized spacial score (nSPS) is 21.1. The highest BCUT2D eigenvalue weighted by molar-refractivity contribution is 6.08. The van der Waals surface area contributed by atoms with Gasteiger partial charge in [0.15, 0.2) is 17.3 Å². The minimum atomic E-state index is 0.102. The Kier molecular flexibility index (Phi) is 2.84. The maximum Gasteiger partial charge on any atom is 0.165 e. The van der Waals surface area contributed by atoms with Crippen molar-refractivity contribution in [1.29, 1.82) is 0 Å². The lowest BCUT2D eigenvalue weighted by molar-refractivity contribution is 0.0967. The van der Waals surface area contributed by atoms with Gasteiger partial charge in [0.1, 0.15) is 0 Å². The lowest BCUT2D eigenvalue weighted by Crippen LogP contribution is -2.11. The Labute approximate surface area is 123 Å². The molecule has 3 nitrogen and oxygen atoms in total. The first kappa shape index (κ1) is 12.9. The van der Waals surface area contributed by atoms with Crippen LogP contribution in [0.15, 0.2) is 18.2 Å². The number of carbonyl (C=O) groups is 3. The molecule has 0 spiro atoms. The maximum absolute atomic E-state index is 12.3. The number of ketones is 3. The molecule has 3 heteroatoms. The molecule has 0 saturated heterocycles. The van der Waals surface area contributed by atoms with Gasteiger partial charge in [-0.1, -0.05) is 0 Å². The van der Waals surface area contributed by atoms with Crippen LogP contribution in [0, 0.1) is 17.8 Å². The molecule has 3 saturated carbocycles. The van der Waals surface area contributed by atoms with Crippen molar-refractivity contribution in [3.05, 3.63) is 34.9 Å². The van der Waals surface area contributed by atoms with Gasteiger partial charge in [-0.2, -0.15) is 0 Å². The fraction of sp³-hybridized carbons (Fsp3) is 0.500. The van der Waals surface area contributed by atoms with Crippen molar-refractivity contribution in [3.63, 3.8) is 0 Å². The van der Waals surface area contributed by atoms with Crippen molar-refractivity contribution in [1.82, 2.24) is 0 Å². The average molecular weight is 282 g/mol. The monoisotopic (exact) mass is 282 g/mol. The average Bonchev–Trinajstić information content (AvgIpc) is 3.36. The zero-order valence-corrected chi connectivity index (χ0v) is 11.9. The summed E-state index contributed by atoms with van der Waals surface area (Å²) in [4.78, 5) is 36.9. The third-order valence-electron chi connectivity index (χ3n) is 4.63. The lowest BCUT2D eigenvalue weighted by atomic mass is 9.94. The molecule has 0 aliphatic heterocycles. The van der Waals surface area contributed by atoms with Crippen molar-refractivity contribution in [2.75, 3.05) is 0 Å². The van der Waals surface area contributed by atoms with Gasteiger partial charge in [0.05, 0.1) is 0 Å². The van der Waals surface area contributed by atoms with Crippen LogP contribution in [0.1, 0.15) is 69.6 Å². The number of hydrogen-bond donors (Lipinski definition) is 0. The summed E-state index contributed by atoms with van der Waals surface area (Å²) in [5.41, 5.74) is 1.69. The van der Waals surface area contributed by atoms with Gasteiger partial charge >= 0.3 is 0 Å². The van der Waals surface area contributed by atoms with Crippen LogP contribution in [0.5, 0.6) is 0 Å². The Morgan fingerprint density at radius 1 is 0.571 bits per heavy atom. The second kappa shape index (κ2) is 4.62. The minimum absolute atomic E-state index is 0.102. The van der Waals surface area contributed by atoms with E-state index in [1.807, 2.05) is 0 Å². The molecule has 3 fully saturated rings. The van der Waals surface area contributed by atoms with E-state index in [1.54, 1.807) is 18.2 Å². The Hall–Kier alpha value is -1.77. The van der Waals surface area contributed by atoms with Crippen LogP contribution in [0.3, 0.4) is 0 Å². The molecule has 0 heterocycles. The van der Waals surface area contributed by atoms with Crippen molar-refractivity contribution < 1.29 is 14.4 Å². The highest BCUT2D eigenvalue weighted by atomic mass is 16.1. The predicted molar refractivity (Wildman–Crippen MR) is 77.6 cm³/mol. The van der Waals surface area contributed by atoms with Crippen molar-refractivity contribution in [3.8, 4) is 0 Å². The predicted octanol–water partition coefficient (Wildman–Crippen LogP) is 3.46. The lowest BCUT2D eigenvalue weighted by Gasteiger charge is -2.08. The van der Waals surface area contributed by atoms with Gasteiger partial charge in [0, 0.05) is 34.4 Å². The quantitative estimate of drug-likeness (QED) is 0.751. The molecule has 1 aromatic rings. The Bertz CT molecular complexity index is 544. The zero-order chi connectivity index (χ0) is 14.6. The maximum atomic E-state index is 12.3. The van der Waals surface area contributed by atoms with E-state index in [1.165, 1.54) is 0 Å². The summed E-state index contributed by atoms with van der Waals surface area (Å²) in [7, 11) is 0. The highest BCUT2D eigenvalue weighted by Crippen LogP contribution is 2.37. The van der Waals surface area contributed by atoms with Crippen LogP contribution >= 0.6 is 0 Å². The molecule has 108 valence electrons. The highest BCUT2D eigenvalue weighted by Gasteiger charge is 2.35. The molecule has 0 amide bonds. The van der Waals surface area contributed by atoms with E-state index in [9.17, 15) is 14.4 Å². The van der Waals surface area contributed by atoms with Crippen LogP contribution in [-0.4, -0.2) is 17.3 Å². The molecule has 0 aromatic heterocycles. The number of rotatable bonds is 6. The summed E-state index contributed by atoms with van der Waals surface area (Å²) in [6.07, 6.45) is 5.62. The minimum Gasteiger partial charge on any atom is -0.294 e. The number of benzene rings is 1. The summed E-state index contributed by atoms with van der Waals surface area (Å²) >= 11 is 0. The van der Waals surface area contributed by atoms with Gasteiger partial charge in [0.2, 0.25) is 0 Å². The Morgan fingerprint density at radius 3 is 1.00 bits per heavy atom. The fourth-order valence-electron chi connectivity index (χ4n) is 2.80. The zero-order valence-electron chi connectivity index (χ0n) is 11.9. The van der Waals surface area contributed by atoms with Crippen LogP contribution in [0.4, 0.5) is 0 Å². The van der Waals surface area contributed by atoms with Crippen LogP contribution in [0.2, 0.25) is 0 Å². The van der Waals surface area contributed by atoms with E-state index >= 15 is 0 Å². The van der Waals surface area contributed by atoms with Gasteiger partial charge in [-0.3, -0.25) is 14.4 Å². The first-order valence-corrected chi connectivity index (χ1v) is 7.91. The summed E-state index contributed by atoms with van der Waals surface area (Å²) in [5, 5.41) is 0. The molecule has 3 aliphatic rings. The first-order chi connectivity index (χ1) is 10.1. The van der Waals surface area contributed by atoms with E-state index in [-0.39, 0.29) is 35.1 Å². The summed E-state index contributed by atoms with van der Waals surface area (Å²) in [6.45, 7) is 0. The third-order valence-corrected chi connectivity index (χ3v) is 4.63. The summed E-state index contributed by atoms with van der Waals surface area (Å²) in [6, 6.07) is 5.14. The molecule has 1 aromatic carbocycles. The molecule has 21 heavy (non-hydrogen) atoms. The van der Waals surface area contributed by atoms with E-state index in [0.29, 0.717) is 16.7 Å². The second-order valence-corrected chi connectivity index (χ2v) is 6.71. The molecule has 3 aliphatic carbocycles. The van der Waals surface area contributed by atoms with E-state index in [2.05, 4.69) is 0 Å².